The van der Waals surface area contributed by atoms with Gasteiger partial charge >= 0.3 is 0 Å². The highest BCUT2D eigenvalue weighted by Gasteiger charge is 2.23. The van der Waals surface area contributed by atoms with Crippen LogP contribution in [0.25, 0.3) is 0 Å². The minimum Gasteiger partial charge on any atom is -0.416 e. The molecule has 0 spiro atoms. The quantitative estimate of drug-likeness (QED) is 0.489. The van der Waals surface area contributed by atoms with Crippen molar-refractivity contribution >= 4 is 16.6 Å². The Morgan fingerprint density at radius 1 is 0.875 bits per heavy atom. The first-order chi connectivity index (χ1) is 7.45. The van der Waals surface area contributed by atoms with Crippen LogP contribution in [-0.4, -0.2) is 30.9 Å². The number of rotatable bonds is 8. The zero-order valence-electron chi connectivity index (χ0n) is 11.0. The standard InChI is InChI=1S/C12H24O2Si2/c1-7-15(5,13-3)11-9-10-12-16(6,8-2)14-4/h7-10H,1-2,11-12H2,3-6H3/b10-9+. The van der Waals surface area contributed by atoms with Crippen LogP contribution in [0.15, 0.2) is 36.7 Å². The second-order valence-electron chi connectivity index (χ2n) is 4.32. The molecule has 0 N–H and O–H groups in total. The molecule has 92 valence electrons. The molecule has 2 atom stereocenters. The Labute approximate surface area is 102 Å². The molecule has 0 radical (unpaired) electrons. The fraction of sp³-hybridized carbons (Fsp3) is 0.500. The minimum absolute atomic E-state index is 0.971. The number of hydrogen-bond acceptors (Lipinski definition) is 2. The molecule has 0 saturated heterocycles. The molecular weight excluding hydrogens is 232 g/mol. The Morgan fingerprint density at radius 3 is 1.38 bits per heavy atom. The normalized spacial score (nSPS) is 19.0. The lowest BCUT2D eigenvalue weighted by Crippen LogP contribution is -2.30. The zero-order valence-corrected chi connectivity index (χ0v) is 13.0. The van der Waals surface area contributed by atoms with Crippen LogP contribution in [0.1, 0.15) is 0 Å². The first kappa shape index (κ1) is 15.6. The van der Waals surface area contributed by atoms with Crippen molar-refractivity contribution in [3.63, 3.8) is 0 Å². The fourth-order valence-corrected chi connectivity index (χ4v) is 3.40. The molecule has 2 nitrogen and oxygen atoms in total. The summed E-state index contributed by atoms with van der Waals surface area (Å²) in [4.78, 5) is 0. The molecule has 0 bridgehead atoms. The van der Waals surface area contributed by atoms with Crippen LogP contribution in [0.2, 0.25) is 25.2 Å². The first-order valence-electron chi connectivity index (χ1n) is 5.48. The van der Waals surface area contributed by atoms with Crippen molar-refractivity contribution in [2.75, 3.05) is 14.2 Å². The molecule has 0 amide bonds. The topological polar surface area (TPSA) is 18.5 Å². The van der Waals surface area contributed by atoms with Crippen LogP contribution >= 0.6 is 0 Å². The predicted octanol–water partition coefficient (Wildman–Crippen LogP) is 3.44. The van der Waals surface area contributed by atoms with Gasteiger partial charge in [0.25, 0.3) is 0 Å². The minimum atomic E-state index is -1.69. The average Bonchev–Trinajstić information content (AvgIpc) is 2.34. The summed E-state index contributed by atoms with van der Waals surface area (Å²) < 4.78 is 11.0. The van der Waals surface area contributed by atoms with E-state index < -0.39 is 16.6 Å². The highest BCUT2D eigenvalue weighted by molar-refractivity contribution is 6.78. The Balaban J connectivity index is 4.22. The van der Waals surface area contributed by atoms with E-state index in [1.54, 1.807) is 14.2 Å². The van der Waals surface area contributed by atoms with E-state index in [1.807, 2.05) is 11.4 Å². The average molecular weight is 256 g/mol. The van der Waals surface area contributed by atoms with Gasteiger partial charge in [-0.05, 0) is 25.2 Å². The second kappa shape index (κ2) is 7.01. The van der Waals surface area contributed by atoms with Crippen molar-refractivity contribution < 1.29 is 8.85 Å². The predicted molar refractivity (Wildman–Crippen MR) is 76.4 cm³/mol. The Hall–Kier alpha value is -0.426. The SMILES string of the molecule is C=C[Si](C)(C/C=C/C[Si](C)(C=C)OC)OC. The zero-order chi connectivity index (χ0) is 12.7. The van der Waals surface area contributed by atoms with E-state index in [0.717, 1.165) is 12.1 Å². The fourth-order valence-electron chi connectivity index (χ4n) is 1.13. The summed E-state index contributed by atoms with van der Waals surface area (Å²) in [6, 6.07) is 1.94. The first-order valence-corrected chi connectivity index (χ1v) is 10.9. The van der Waals surface area contributed by atoms with Gasteiger partial charge in [0.15, 0.2) is 0 Å². The molecule has 0 aliphatic heterocycles. The Kier molecular flexibility index (Phi) is 6.82. The van der Waals surface area contributed by atoms with E-state index >= 15 is 0 Å². The van der Waals surface area contributed by atoms with Crippen LogP contribution in [0.4, 0.5) is 0 Å². The van der Waals surface area contributed by atoms with Crippen LogP contribution in [0, 0.1) is 0 Å². The van der Waals surface area contributed by atoms with Crippen LogP contribution < -0.4 is 0 Å². The summed E-state index contributed by atoms with van der Waals surface area (Å²) >= 11 is 0. The Morgan fingerprint density at radius 2 is 1.19 bits per heavy atom. The molecule has 16 heavy (non-hydrogen) atoms. The van der Waals surface area contributed by atoms with Crippen molar-refractivity contribution in [1.29, 1.82) is 0 Å². The van der Waals surface area contributed by atoms with Crippen molar-refractivity contribution in [3.8, 4) is 0 Å². The molecule has 0 heterocycles. The summed E-state index contributed by atoms with van der Waals surface area (Å²) in [5.74, 6) is 0. The molecule has 0 aromatic rings. The third-order valence-electron chi connectivity index (χ3n) is 3.01. The van der Waals surface area contributed by atoms with Crippen molar-refractivity contribution in [1.82, 2.24) is 0 Å². The van der Waals surface area contributed by atoms with Crippen LogP contribution in [0.3, 0.4) is 0 Å². The van der Waals surface area contributed by atoms with Gasteiger partial charge in [0.1, 0.15) is 0 Å². The lowest BCUT2D eigenvalue weighted by atomic mass is 10.6. The van der Waals surface area contributed by atoms with Gasteiger partial charge < -0.3 is 8.85 Å². The monoisotopic (exact) mass is 256 g/mol. The van der Waals surface area contributed by atoms with Crippen molar-refractivity contribution in [2.24, 2.45) is 0 Å². The lowest BCUT2D eigenvalue weighted by molar-refractivity contribution is 0.410. The van der Waals surface area contributed by atoms with E-state index in [2.05, 4.69) is 38.4 Å². The smallest absolute Gasteiger partial charge is 0.216 e. The maximum atomic E-state index is 5.50. The molecule has 0 saturated carbocycles. The summed E-state index contributed by atoms with van der Waals surface area (Å²) in [6.07, 6.45) is 4.37. The van der Waals surface area contributed by atoms with Crippen LogP contribution in [0.5, 0.6) is 0 Å². The van der Waals surface area contributed by atoms with E-state index in [-0.39, 0.29) is 0 Å². The highest BCUT2D eigenvalue weighted by atomic mass is 28.4. The largest absolute Gasteiger partial charge is 0.416 e. The third-order valence-corrected chi connectivity index (χ3v) is 8.69. The summed E-state index contributed by atoms with van der Waals surface area (Å²) in [5.41, 5.74) is 3.94. The van der Waals surface area contributed by atoms with Crippen LogP contribution in [-0.2, 0) is 8.85 Å². The van der Waals surface area contributed by atoms with Gasteiger partial charge in [-0.15, -0.1) is 13.2 Å². The summed E-state index contributed by atoms with van der Waals surface area (Å²) in [6.45, 7) is 12.0. The molecule has 0 fully saturated rings. The number of hydrogen-bond donors (Lipinski definition) is 0. The Bertz CT molecular complexity index is 240. The van der Waals surface area contributed by atoms with Gasteiger partial charge in [0.2, 0.25) is 16.6 Å². The van der Waals surface area contributed by atoms with Gasteiger partial charge in [-0.3, -0.25) is 0 Å². The van der Waals surface area contributed by atoms with E-state index in [1.165, 1.54) is 0 Å². The molecule has 0 aliphatic rings. The van der Waals surface area contributed by atoms with E-state index in [9.17, 15) is 0 Å². The lowest BCUT2D eigenvalue weighted by Gasteiger charge is -2.20. The second-order valence-corrected chi connectivity index (χ2v) is 12.0. The molecule has 0 aromatic carbocycles. The molecule has 0 aliphatic carbocycles. The summed E-state index contributed by atoms with van der Waals surface area (Å²) in [5, 5.41) is 0. The van der Waals surface area contributed by atoms with Crippen molar-refractivity contribution in [2.45, 2.75) is 25.2 Å². The van der Waals surface area contributed by atoms with Gasteiger partial charge in [-0.2, -0.15) is 0 Å². The van der Waals surface area contributed by atoms with E-state index in [0.29, 0.717) is 0 Å². The van der Waals surface area contributed by atoms with Gasteiger partial charge in [0, 0.05) is 14.2 Å². The third kappa shape index (κ3) is 5.07. The molecular formula is C12H24O2Si2. The van der Waals surface area contributed by atoms with Gasteiger partial charge in [-0.25, -0.2) is 0 Å². The van der Waals surface area contributed by atoms with Crippen molar-refractivity contribution in [3.05, 3.63) is 36.7 Å². The molecule has 2 unspecified atom stereocenters. The molecule has 4 heteroatoms. The molecule has 0 aromatic heterocycles. The number of allylic oxidation sites excluding steroid dienone is 2. The highest BCUT2D eigenvalue weighted by Crippen LogP contribution is 2.15. The maximum absolute atomic E-state index is 5.50. The van der Waals surface area contributed by atoms with Gasteiger partial charge in [0.05, 0.1) is 0 Å². The van der Waals surface area contributed by atoms with Gasteiger partial charge in [-0.1, -0.05) is 23.6 Å². The maximum Gasteiger partial charge on any atom is 0.216 e. The molecule has 0 rings (SSSR count). The summed E-state index contributed by atoms with van der Waals surface area (Å²) in [7, 11) is 0.150. The van der Waals surface area contributed by atoms with E-state index in [4.69, 9.17) is 8.85 Å².